The Bertz CT molecular complexity index is 763. The number of nitrogens with one attached hydrogen (secondary N) is 1. The number of carbonyl (C=O) groups is 1. The smallest absolute Gasteiger partial charge is 0.224 e. The van der Waals surface area contributed by atoms with Crippen molar-refractivity contribution < 1.29 is 22.3 Å². The molecule has 2 aliphatic heterocycles. The number of hydrogen-bond donors (Lipinski definition) is 1. The van der Waals surface area contributed by atoms with E-state index >= 15 is 0 Å². The van der Waals surface area contributed by atoms with Crippen LogP contribution in [-0.4, -0.2) is 77.5 Å². The van der Waals surface area contributed by atoms with Crippen molar-refractivity contribution in [3.05, 3.63) is 24.0 Å². The highest BCUT2D eigenvalue weighted by Crippen LogP contribution is 2.24. The number of hydrogen-bond acceptors (Lipinski definition) is 6. The molecule has 0 saturated carbocycles. The molecule has 0 aliphatic carbocycles. The Hall–Kier alpha value is -1.42. The van der Waals surface area contributed by atoms with Gasteiger partial charge in [-0.1, -0.05) is 0 Å². The predicted molar refractivity (Wildman–Crippen MR) is 103 cm³/mol. The average molecular weight is 422 g/mol. The fourth-order valence-electron chi connectivity index (χ4n) is 3.26. The van der Waals surface area contributed by atoms with Crippen LogP contribution >= 0.6 is 12.4 Å². The largest absolute Gasteiger partial charge is 0.378 e. The molecular formula is C17H25ClFN3O4S. The van der Waals surface area contributed by atoms with Crippen molar-refractivity contribution in [3.63, 3.8) is 0 Å². The standard InChI is InChI=1S/C17H24FN3O4S.ClH/c1-26(23,24)14-2-3-16(15(18)11-14)20-5-7-21(8-6-20)17(22)10-13-12-25-9-4-19-13;/h2-3,11,13,19H,4-10,12H2,1H3;1H. The normalized spacial score (nSPS) is 20.9. The van der Waals surface area contributed by atoms with Crippen LogP contribution in [0.5, 0.6) is 0 Å². The highest BCUT2D eigenvalue weighted by molar-refractivity contribution is 7.90. The van der Waals surface area contributed by atoms with E-state index in [9.17, 15) is 17.6 Å². The Morgan fingerprint density at radius 2 is 2.00 bits per heavy atom. The summed E-state index contributed by atoms with van der Waals surface area (Å²) in [5.74, 6) is -0.489. The first-order valence-corrected chi connectivity index (χ1v) is 10.6. The first-order valence-electron chi connectivity index (χ1n) is 8.68. The summed E-state index contributed by atoms with van der Waals surface area (Å²) in [6.45, 7) is 4.02. The van der Waals surface area contributed by atoms with Crippen LogP contribution in [0.4, 0.5) is 10.1 Å². The highest BCUT2D eigenvalue weighted by atomic mass is 35.5. The molecule has 2 aliphatic rings. The SMILES string of the molecule is CS(=O)(=O)c1ccc(N2CCN(C(=O)CC3COCCN3)CC2)c(F)c1.Cl. The molecule has 0 aromatic heterocycles. The number of carbonyl (C=O) groups excluding carboxylic acids is 1. The molecule has 2 fully saturated rings. The van der Waals surface area contributed by atoms with Crippen LogP contribution in [0.25, 0.3) is 0 Å². The zero-order valence-electron chi connectivity index (χ0n) is 15.2. The Kier molecular flexibility index (Phi) is 7.44. The number of sulfone groups is 1. The third-order valence-electron chi connectivity index (χ3n) is 4.74. The van der Waals surface area contributed by atoms with Crippen molar-refractivity contribution in [3.8, 4) is 0 Å². The van der Waals surface area contributed by atoms with E-state index in [1.54, 1.807) is 4.90 Å². The summed E-state index contributed by atoms with van der Waals surface area (Å²) in [5, 5.41) is 3.27. The van der Waals surface area contributed by atoms with E-state index in [0.29, 0.717) is 51.5 Å². The van der Waals surface area contributed by atoms with Crippen LogP contribution in [0.2, 0.25) is 0 Å². The number of halogens is 2. The van der Waals surface area contributed by atoms with Gasteiger partial charge >= 0.3 is 0 Å². The maximum absolute atomic E-state index is 14.3. The molecule has 1 aromatic rings. The van der Waals surface area contributed by atoms with Crippen LogP contribution in [0.3, 0.4) is 0 Å². The monoisotopic (exact) mass is 421 g/mol. The number of amides is 1. The molecule has 152 valence electrons. The van der Waals surface area contributed by atoms with Crippen molar-refractivity contribution in [2.45, 2.75) is 17.4 Å². The lowest BCUT2D eigenvalue weighted by Gasteiger charge is -2.37. The van der Waals surface area contributed by atoms with Crippen LogP contribution in [-0.2, 0) is 19.4 Å². The minimum Gasteiger partial charge on any atom is -0.378 e. The Labute approximate surface area is 165 Å². The van der Waals surface area contributed by atoms with Crippen molar-refractivity contribution in [1.29, 1.82) is 0 Å². The Balaban J connectivity index is 0.00000261. The molecule has 0 bridgehead atoms. The lowest BCUT2D eigenvalue weighted by molar-refractivity contribution is -0.132. The van der Waals surface area contributed by atoms with E-state index in [4.69, 9.17) is 4.74 Å². The summed E-state index contributed by atoms with van der Waals surface area (Å²) in [6, 6.07) is 4.01. The summed E-state index contributed by atoms with van der Waals surface area (Å²) in [5.41, 5.74) is 0.367. The van der Waals surface area contributed by atoms with Crippen LogP contribution < -0.4 is 10.2 Å². The molecule has 7 nitrogen and oxygen atoms in total. The number of anilines is 1. The number of nitrogens with zero attached hydrogens (tertiary/aromatic N) is 2. The lowest BCUT2D eigenvalue weighted by Crippen LogP contribution is -2.51. The number of piperazine rings is 1. The quantitative estimate of drug-likeness (QED) is 0.770. The summed E-state index contributed by atoms with van der Waals surface area (Å²) in [7, 11) is -3.43. The fourth-order valence-corrected chi connectivity index (χ4v) is 3.89. The van der Waals surface area contributed by atoms with Crippen LogP contribution in [0.1, 0.15) is 6.42 Å². The van der Waals surface area contributed by atoms with Gasteiger partial charge in [0, 0.05) is 51.4 Å². The second-order valence-corrected chi connectivity index (χ2v) is 8.70. The van der Waals surface area contributed by atoms with Gasteiger partial charge in [0.25, 0.3) is 0 Å². The zero-order valence-corrected chi connectivity index (χ0v) is 16.8. The third-order valence-corrected chi connectivity index (χ3v) is 5.85. The van der Waals surface area contributed by atoms with Crippen molar-refractivity contribution in [2.75, 3.05) is 57.1 Å². The third kappa shape index (κ3) is 5.54. The van der Waals surface area contributed by atoms with Gasteiger partial charge in [0.1, 0.15) is 5.82 Å². The van der Waals surface area contributed by atoms with E-state index in [2.05, 4.69) is 5.32 Å². The molecule has 0 spiro atoms. The van der Waals surface area contributed by atoms with Crippen LogP contribution in [0.15, 0.2) is 23.1 Å². The van der Waals surface area contributed by atoms with Crippen molar-refractivity contribution in [1.82, 2.24) is 10.2 Å². The maximum Gasteiger partial charge on any atom is 0.224 e. The fraction of sp³-hybridized carbons (Fsp3) is 0.588. The second-order valence-electron chi connectivity index (χ2n) is 6.68. The molecule has 27 heavy (non-hydrogen) atoms. The number of morpholine rings is 1. The van der Waals surface area contributed by atoms with Gasteiger partial charge in [0.2, 0.25) is 5.91 Å². The maximum atomic E-state index is 14.3. The van der Waals surface area contributed by atoms with Gasteiger partial charge in [-0.05, 0) is 18.2 Å². The van der Waals surface area contributed by atoms with E-state index in [1.165, 1.54) is 12.1 Å². The van der Waals surface area contributed by atoms with Crippen molar-refractivity contribution >= 4 is 33.8 Å². The Morgan fingerprint density at radius 1 is 1.30 bits per heavy atom. The van der Waals surface area contributed by atoms with Crippen molar-refractivity contribution in [2.24, 2.45) is 0 Å². The topological polar surface area (TPSA) is 79.0 Å². The van der Waals surface area contributed by atoms with E-state index in [1.807, 2.05) is 4.90 Å². The summed E-state index contributed by atoms with van der Waals surface area (Å²) in [6.07, 6.45) is 1.45. The lowest BCUT2D eigenvalue weighted by atomic mass is 10.1. The minimum absolute atomic E-state index is 0. The summed E-state index contributed by atoms with van der Waals surface area (Å²) < 4.78 is 42.7. The molecular weight excluding hydrogens is 397 g/mol. The van der Waals surface area contributed by atoms with E-state index < -0.39 is 15.7 Å². The molecule has 1 aromatic carbocycles. The average Bonchev–Trinajstić information content (AvgIpc) is 2.62. The number of rotatable bonds is 4. The molecule has 10 heteroatoms. The Morgan fingerprint density at radius 3 is 2.56 bits per heavy atom. The van der Waals surface area contributed by atoms with Gasteiger partial charge in [-0.2, -0.15) is 0 Å². The number of ether oxygens (including phenoxy) is 1. The van der Waals surface area contributed by atoms with Gasteiger partial charge in [0.15, 0.2) is 9.84 Å². The minimum atomic E-state index is -3.43. The first kappa shape index (κ1) is 21.9. The first-order chi connectivity index (χ1) is 12.3. The van der Waals surface area contributed by atoms with Crippen LogP contribution in [0, 0.1) is 5.82 Å². The molecule has 1 atom stereocenters. The highest BCUT2D eigenvalue weighted by Gasteiger charge is 2.26. The van der Waals surface area contributed by atoms with Gasteiger partial charge < -0.3 is 19.9 Å². The van der Waals surface area contributed by atoms with Gasteiger partial charge in [0.05, 0.1) is 23.8 Å². The summed E-state index contributed by atoms with van der Waals surface area (Å²) in [4.78, 5) is 16.0. The molecule has 0 radical (unpaired) electrons. The molecule has 2 heterocycles. The molecule has 3 rings (SSSR count). The zero-order chi connectivity index (χ0) is 18.7. The van der Waals surface area contributed by atoms with E-state index in [0.717, 1.165) is 18.9 Å². The van der Waals surface area contributed by atoms with E-state index in [-0.39, 0.29) is 29.3 Å². The predicted octanol–water partition coefficient (Wildman–Crippen LogP) is 0.678. The molecule has 2 saturated heterocycles. The summed E-state index contributed by atoms with van der Waals surface area (Å²) >= 11 is 0. The molecule has 1 unspecified atom stereocenters. The molecule has 1 N–H and O–H groups in total. The van der Waals surface area contributed by atoms with Gasteiger partial charge in [-0.25, -0.2) is 12.8 Å². The van der Waals surface area contributed by atoms with Gasteiger partial charge in [-0.15, -0.1) is 12.4 Å². The number of benzene rings is 1. The van der Waals surface area contributed by atoms with Gasteiger partial charge in [-0.3, -0.25) is 4.79 Å². The molecule has 1 amide bonds. The second kappa shape index (κ2) is 9.18.